The molecule has 19 heavy (non-hydrogen) atoms. The summed E-state index contributed by atoms with van der Waals surface area (Å²) in [5.41, 5.74) is 9.35. The molecule has 0 saturated carbocycles. The molecule has 0 aromatic heterocycles. The van der Waals surface area contributed by atoms with Crippen molar-refractivity contribution < 1.29 is 4.74 Å². The fraction of sp³-hybridized carbons (Fsp3) is 0.500. The van der Waals surface area contributed by atoms with E-state index in [0.717, 1.165) is 5.69 Å². The molecule has 0 unspecified atom stereocenters. The largest absolute Gasteiger partial charge is 0.399 e. The molecule has 1 aliphatic rings. The first kappa shape index (κ1) is 14.1. The van der Waals surface area contributed by atoms with Crippen molar-refractivity contribution in [3.8, 4) is 0 Å². The van der Waals surface area contributed by atoms with E-state index < -0.39 is 0 Å². The van der Waals surface area contributed by atoms with Crippen LogP contribution in [-0.4, -0.2) is 31.6 Å². The van der Waals surface area contributed by atoms with Gasteiger partial charge in [0.1, 0.15) is 0 Å². The maximum absolute atomic E-state index is 5.90. The summed E-state index contributed by atoms with van der Waals surface area (Å²) < 4.78 is 5.59. The molecule has 1 saturated heterocycles. The average Bonchev–Trinajstić information content (AvgIpc) is 2.41. The zero-order valence-corrected chi connectivity index (χ0v) is 11.8. The SMILES string of the molecule is C=CCOCc1cc(N)ccc1C1CCN(C)CC1. The maximum atomic E-state index is 5.90. The number of likely N-dealkylation sites (tertiary alicyclic amines) is 1. The van der Waals surface area contributed by atoms with Crippen molar-refractivity contribution >= 4 is 5.69 Å². The predicted octanol–water partition coefficient (Wildman–Crippen LogP) is 2.78. The Morgan fingerprint density at radius 1 is 1.42 bits per heavy atom. The molecule has 0 spiro atoms. The number of hydrogen-bond acceptors (Lipinski definition) is 3. The molecule has 3 heteroatoms. The number of ether oxygens (including phenoxy) is 1. The molecule has 0 amide bonds. The van der Waals surface area contributed by atoms with E-state index in [2.05, 4.69) is 30.7 Å². The summed E-state index contributed by atoms with van der Waals surface area (Å²) in [5, 5.41) is 0. The Balaban J connectivity index is 2.11. The number of nitrogen functional groups attached to an aromatic ring is 1. The topological polar surface area (TPSA) is 38.5 Å². The lowest BCUT2D eigenvalue weighted by molar-refractivity contribution is 0.147. The van der Waals surface area contributed by atoms with Gasteiger partial charge in [-0.25, -0.2) is 0 Å². The monoisotopic (exact) mass is 260 g/mol. The second kappa shape index (κ2) is 6.73. The van der Waals surface area contributed by atoms with Crippen LogP contribution in [0.5, 0.6) is 0 Å². The van der Waals surface area contributed by atoms with Crippen LogP contribution in [0.2, 0.25) is 0 Å². The molecule has 0 aliphatic carbocycles. The van der Waals surface area contributed by atoms with Gasteiger partial charge in [0, 0.05) is 5.69 Å². The highest BCUT2D eigenvalue weighted by Crippen LogP contribution is 2.31. The quantitative estimate of drug-likeness (QED) is 0.502. The lowest BCUT2D eigenvalue weighted by atomic mass is 9.86. The van der Waals surface area contributed by atoms with Gasteiger partial charge in [-0.05, 0) is 62.2 Å². The van der Waals surface area contributed by atoms with Crippen LogP contribution in [-0.2, 0) is 11.3 Å². The van der Waals surface area contributed by atoms with Crippen LogP contribution in [0.1, 0.15) is 29.9 Å². The highest BCUT2D eigenvalue weighted by atomic mass is 16.5. The van der Waals surface area contributed by atoms with E-state index in [1.54, 1.807) is 6.08 Å². The standard InChI is InChI=1S/C16H24N2O/c1-3-10-19-12-14-11-15(17)4-5-16(14)13-6-8-18(2)9-7-13/h3-5,11,13H,1,6-10,12,17H2,2H3. The van der Waals surface area contributed by atoms with Gasteiger partial charge in [0.15, 0.2) is 0 Å². The molecule has 1 aromatic rings. The zero-order chi connectivity index (χ0) is 13.7. The average molecular weight is 260 g/mol. The number of piperidine rings is 1. The van der Waals surface area contributed by atoms with Gasteiger partial charge in [-0.15, -0.1) is 6.58 Å². The van der Waals surface area contributed by atoms with Crippen LogP contribution in [0.4, 0.5) is 5.69 Å². The molecule has 1 heterocycles. The molecule has 1 fully saturated rings. The summed E-state index contributed by atoms with van der Waals surface area (Å²) >= 11 is 0. The summed E-state index contributed by atoms with van der Waals surface area (Å²) in [6.07, 6.45) is 4.21. The molecule has 0 radical (unpaired) electrons. The lowest BCUT2D eigenvalue weighted by Gasteiger charge is -2.30. The third-order valence-corrected chi connectivity index (χ3v) is 3.82. The molecule has 1 aliphatic heterocycles. The minimum atomic E-state index is 0.585. The normalized spacial score (nSPS) is 17.5. The Bertz CT molecular complexity index is 423. The van der Waals surface area contributed by atoms with E-state index in [9.17, 15) is 0 Å². The number of benzene rings is 1. The van der Waals surface area contributed by atoms with Crippen molar-refractivity contribution in [2.45, 2.75) is 25.4 Å². The van der Waals surface area contributed by atoms with E-state index in [4.69, 9.17) is 10.5 Å². The number of rotatable bonds is 5. The van der Waals surface area contributed by atoms with E-state index in [-0.39, 0.29) is 0 Å². The van der Waals surface area contributed by atoms with Crippen LogP contribution < -0.4 is 5.73 Å². The van der Waals surface area contributed by atoms with E-state index in [1.165, 1.54) is 37.1 Å². The van der Waals surface area contributed by atoms with Gasteiger partial charge >= 0.3 is 0 Å². The van der Waals surface area contributed by atoms with Crippen LogP contribution in [0.3, 0.4) is 0 Å². The first-order chi connectivity index (χ1) is 9.20. The lowest BCUT2D eigenvalue weighted by Crippen LogP contribution is -2.29. The smallest absolute Gasteiger partial charge is 0.0724 e. The Morgan fingerprint density at radius 3 is 2.84 bits per heavy atom. The maximum Gasteiger partial charge on any atom is 0.0724 e. The Kier molecular flexibility index (Phi) is 5.00. The van der Waals surface area contributed by atoms with Gasteiger partial charge in [-0.3, -0.25) is 0 Å². The molecule has 1 aromatic carbocycles. The van der Waals surface area contributed by atoms with Crippen LogP contribution in [0.25, 0.3) is 0 Å². The summed E-state index contributed by atoms with van der Waals surface area (Å²) in [7, 11) is 2.19. The van der Waals surface area contributed by atoms with Gasteiger partial charge in [0.2, 0.25) is 0 Å². The first-order valence-corrected chi connectivity index (χ1v) is 6.96. The molecule has 2 N–H and O–H groups in total. The second-order valence-corrected chi connectivity index (χ2v) is 5.34. The summed E-state index contributed by atoms with van der Waals surface area (Å²) in [4.78, 5) is 2.39. The molecular weight excluding hydrogens is 236 g/mol. The molecule has 0 atom stereocenters. The van der Waals surface area contributed by atoms with Crippen molar-refractivity contribution in [1.82, 2.24) is 4.90 Å². The summed E-state index contributed by atoms with van der Waals surface area (Å²) in [6, 6.07) is 6.24. The van der Waals surface area contributed by atoms with Crippen molar-refractivity contribution in [3.63, 3.8) is 0 Å². The van der Waals surface area contributed by atoms with Crippen LogP contribution in [0, 0.1) is 0 Å². The Morgan fingerprint density at radius 2 is 2.16 bits per heavy atom. The fourth-order valence-electron chi connectivity index (χ4n) is 2.72. The van der Waals surface area contributed by atoms with Gasteiger partial charge in [-0.2, -0.15) is 0 Å². The number of anilines is 1. The molecule has 0 bridgehead atoms. The van der Waals surface area contributed by atoms with Crippen molar-refractivity contribution in [2.24, 2.45) is 0 Å². The Hall–Kier alpha value is -1.32. The van der Waals surface area contributed by atoms with Gasteiger partial charge in [0.05, 0.1) is 13.2 Å². The zero-order valence-electron chi connectivity index (χ0n) is 11.8. The molecule has 2 rings (SSSR count). The van der Waals surface area contributed by atoms with Crippen LogP contribution >= 0.6 is 0 Å². The van der Waals surface area contributed by atoms with E-state index in [1.807, 2.05) is 6.07 Å². The van der Waals surface area contributed by atoms with Gasteiger partial charge in [-0.1, -0.05) is 12.1 Å². The Labute approximate surface area is 116 Å². The predicted molar refractivity (Wildman–Crippen MR) is 80.2 cm³/mol. The second-order valence-electron chi connectivity index (χ2n) is 5.34. The van der Waals surface area contributed by atoms with Gasteiger partial charge in [0.25, 0.3) is 0 Å². The summed E-state index contributed by atoms with van der Waals surface area (Å²) in [5.74, 6) is 0.638. The van der Waals surface area contributed by atoms with Crippen LogP contribution in [0.15, 0.2) is 30.9 Å². The third-order valence-electron chi connectivity index (χ3n) is 3.82. The number of nitrogens with two attached hydrogens (primary N) is 1. The number of nitrogens with zero attached hydrogens (tertiary/aromatic N) is 1. The highest BCUT2D eigenvalue weighted by molar-refractivity contribution is 5.46. The van der Waals surface area contributed by atoms with Crippen molar-refractivity contribution in [3.05, 3.63) is 42.0 Å². The van der Waals surface area contributed by atoms with Crippen molar-refractivity contribution in [1.29, 1.82) is 0 Å². The minimum absolute atomic E-state index is 0.585. The van der Waals surface area contributed by atoms with Gasteiger partial charge < -0.3 is 15.4 Å². The minimum Gasteiger partial charge on any atom is -0.399 e. The third kappa shape index (κ3) is 3.82. The molecule has 104 valence electrons. The first-order valence-electron chi connectivity index (χ1n) is 6.96. The number of hydrogen-bond donors (Lipinski definition) is 1. The highest BCUT2D eigenvalue weighted by Gasteiger charge is 2.20. The van der Waals surface area contributed by atoms with E-state index in [0.29, 0.717) is 19.1 Å². The van der Waals surface area contributed by atoms with E-state index >= 15 is 0 Å². The molecule has 3 nitrogen and oxygen atoms in total. The molecular formula is C16H24N2O. The summed E-state index contributed by atoms with van der Waals surface area (Å²) in [6.45, 7) is 7.22. The fourth-order valence-corrected chi connectivity index (χ4v) is 2.72. The van der Waals surface area contributed by atoms with Crippen molar-refractivity contribution in [2.75, 3.05) is 32.5 Å².